The molecule has 1 aromatic carbocycles. The molecule has 0 aliphatic carbocycles. The number of halogens is 2. The Morgan fingerprint density at radius 1 is 1.00 bits per heavy atom. The topological polar surface area (TPSA) is 64.3 Å². The first kappa shape index (κ1) is 14.1. The molecule has 0 spiro atoms. The maximum atomic E-state index is 12.0. The zero-order chi connectivity index (χ0) is 14.0. The molecule has 0 saturated carbocycles. The van der Waals surface area contributed by atoms with Crippen molar-refractivity contribution in [2.45, 2.75) is 0 Å². The van der Waals surface area contributed by atoms with Gasteiger partial charge in [-0.1, -0.05) is 50.1 Å². The normalized spacial score (nSPS) is 10.6. The number of benzene rings is 1. The van der Waals surface area contributed by atoms with Gasteiger partial charge in [0.25, 0.3) is 0 Å². The molecule has 98 valence electrons. The molecule has 0 atom stereocenters. The molecule has 0 amide bonds. The van der Waals surface area contributed by atoms with E-state index in [1.807, 2.05) is 0 Å². The second kappa shape index (κ2) is 5.79. The van der Waals surface area contributed by atoms with E-state index in [-0.39, 0.29) is 27.6 Å². The highest BCUT2D eigenvalue weighted by Crippen LogP contribution is 2.21. The molecule has 0 N–H and O–H groups in total. The standard InChI is InChI=1S/C13H8Br2O4/c14-5-8(16)11-7-3-1-2-4-10(7)19-13(18)12(11)9(17)6-15/h1-4H,5-6H2. The van der Waals surface area contributed by atoms with Crippen molar-refractivity contribution in [1.29, 1.82) is 0 Å². The molecular formula is C13H8Br2O4. The second-order valence-corrected chi connectivity index (χ2v) is 4.87. The first-order valence-corrected chi connectivity index (χ1v) is 7.58. The van der Waals surface area contributed by atoms with E-state index in [0.717, 1.165) is 0 Å². The van der Waals surface area contributed by atoms with Gasteiger partial charge in [-0.25, -0.2) is 4.79 Å². The van der Waals surface area contributed by atoms with Crippen LogP contribution in [0.2, 0.25) is 0 Å². The summed E-state index contributed by atoms with van der Waals surface area (Å²) >= 11 is 6.06. The number of alkyl halides is 2. The number of Topliss-reactive ketones (excluding diaryl/α,β-unsaturated/α-hetero) is 2. The highest BCUT2D eigenvalue weighted by molar-refractivity contribution is 9.09. The highest BCUT2D eigenvalue weighted by Gasteiger charge is 2.24. The summed E-state index contributed by atoms with van der Waals surface area (Å²) in [5.41, 5.74) is -0.566. The third-order valence-corrected chi connectivity index (χ3v) is 3.63. The quantitative estimate of drug-likeness (QED) is 0.459. The van der Waals surface area contributed by atoms with Gasteiger partial charge < -0.3 is 4.42 Å². The van der Waals surface area contributed by atoms with Gasteiger partial charge in [0.2, 0.25) is 0 Å². The molecule has 0 aliphatic heterocycles. The lowest BCUT2D eigenvalue weighted by Gasteiger charge is -2.07. The third kappa shape index (κ3) is 2.55. The van der Waals surface area contributed by atoms with Crippen LogP contribution in [0.4, 0.5) is 0 Å². The molecule has 2 rings (SSSR count). The average Bonchev–Trinajstić information content (AvgIpc) is 2.44. The molecule has 6 heteroatoms. The van der Waals surface area contributed by atoms with Crippen LogP contribution in [0.3, 0.4) is 0 Å². The molecule has 1 aromatic heterocycles. The minimum Gasteiger partial charge on any atom is -0.422 e. The van der Waals surface area contributed by atoms with Gasteiger partial charge >= 0.3 is 5.63 Å². The Hall–Kier alpha value is -1.27. The number of rotatable bonds is 4. The number of carbonyl (C=O) groups excluding carboxylic acids is 2. The fourth-order valence-electron chi connectivity index (χ4n) is 1.83. The largest absolute Gasteiger partial charge is 0.422 e. The fourth-order valence-corrected chi connectivity index (χ4v) is 2.39. The van der Waals surface area contributed by atoms with Gasteiger partial charge in [0, 0.05) is 10.9 Å². The average molecular weight is 388 g/mol. The molecule has 0 unspecified atom stereocenters. The maximum absolute atomic E-state index is 12.0. The number of ketones is 2. The number of hydrogen-bond donors (Lipinski definition) is 0. The van der Waals surface area contributed by atoms with E-state index in [4.69, 9.17) is 4.42 Å². The Bertz CT molecular complexity index is 718. The van der Waals surface area contributed by atoms with Gasteiger partial charge in [0.15, 0.2) is 11.6 Å². The molecule has 0 radical (unpaired) electrons. The summed E-state index contributed by atoms with van der Waals surface area (Å²) in [6.45, 7) is 0. The predicted molar refractivity (Wildman–Crippen MR) is 78.7 cm³/mol. The number of fused-ring (bicyclic) bond motifs is 1. The van der Waals surface area contributed by atoms with Crippen molar-refractivity contribution in [1.82, 2.24) is 0 Å². The van der Waals surface area contributed by atoms with Crippen molar-refractivity contribution in [2.24, 2.45) is 0 Å². The number of para-hydroxylation sites is 1. The van der Waals surface area contributed by atoms with Crippen LogP contribution >= 0.6 is 31.9 Å². The van der Waals surface area contributed by atoms with Crippen molar-refractivity contribution in [3.63, 3.8) is 0 Å². The van der Waals surface area contributed by atoms with Gasteiger partial charge in [-0.3, -0.25) is 9.59 Å². The maximum Gasteiger partial charge on any atom is 0.347 e. The van der Waals surface area contributed by atoms with Crippen LogP contribution in [0.1, 0.15) is 20.7 Å². The lowest BCUT2D eigenvalue weighted by Crippen LogP contribution is -2.21. The van der Waals surface area contributed by atoms with E-state index in [2.05, 4.69) is 31.9 Å². The van der Waals surface area contributed by atoms with Crippen molar-refractivity contribution >= 4 is 54.4 Å². The van der Waals surface area contributed by atoms with E-state index >= 15 is 0 Å². The minimum atomic E-state index is -0.785. The van der Waals surface area contributed by atoms with Crippen molar-refractivity contribution in [3.05, 3.63) is 45.8 Å². The van der Waals surface area contributed by atoms with Crippen LogP contribution in [-0.2, 0) is 0 Å². The fraction of sp³-hybridized carbons (Fsp3) is 0.154. The molecular weight excluding hydrogens is 380 g/mol. The van der Waals surface area contributed by atoms with E-state index < -0.39 is 11.4 Å². The summed E-state index contributed by atoms with van der Waals surface area (Å²) in [4.78, 5) is 35.8. The zero-order valence-corrected chi connectivity index (χ0v) is 12.8. The van der Waals surface area contributed by atoms with Gasteiger partial charge in [0.1, 0.15) is 11.1 Å². The van der Waals surface area contributed by atoms with Crippen LogP contribution in [0.5, 0.6) is 0 Å². The molecule has 0 saturated heterocycles. The monoisotopic (exact) mass is 386 g/mol. The van der Waals surface area contributed by atoms with E-state index in [0.29, 0.717) is 11.0 Å². The number of hydrogen-bond acceptors (Lipinski definition) is 4. The van der Waals surface area contributed by atoms with Crippen LogP contribution in [0.25, 0.3) is 11.0 Å². The van der Waals surface area contributed by atoms with Crippen LogP contribution in [-0.4, -0.2) is 22.2 Å². The summed E-state index contributed by atoms with van der Waals surface area (Å²) in [6.07, 6.45) is 0. The first-order chi connectivity index (χ1) is 9.10. The Morgan fingerprint density at radius 3 is 2.21 bits per heavy atom. The molecule has 0 fully saturated rings. The van der Waals surface area contributed by atoms with E-state index in [1.165, 1.54) is 0 Å². The molecule has 0 bridgehead atoms. The SMILES string of the molecule is O=C(CBr)c1c(C(=O)CBr)c2ccccc2oc1=O. The van der Waals surface area contributed by atoms with E-state index in [1.54, 1.807) is 24.3 Å². The second-order valence-electron chi connectivity index (χ2n) is 3.75. The Morgan fingerprint density at radius 2 is 1.58 bits per heavy atom. The Kier molecular flexibility index (Phi) is 4.31. The summed E-state index contributed by atoms with van der Waals surface area (Å²) in [6, 6.07) is 6.65. The van der Waals surface area contributed by atoms with Crippen molar-refractivity contribution in [2.75, 3.05) is 10.7 Å². The van der Waals surface area contributed by atoms with Crippen LogP contribution < -0.4 is 5.63 Å². The zero-order valence-electron chi connectivity index (χ0n) is 9.61. The molecule has 4 nitrogen and oxygen atoms in total. The smallest absolute Gasteiger partial charge is 0.347 e. The van der Waals surface area contributed by atoms with Crippen LogP contribution in [0.15, 0.2) is 33.5 Å². The summed E-state index contributed by atoms with van der Waals surface area (Å²) in [5, 5.41) is 0.456. The van der Waals surface area contributed by atoms with Gasteiger partial charge in [0.05, 0.1) is 10.7 Å². The molecule has 1 heterocycles. The van der Waals surface area contributed by atoms with Gasteiger partial charge in [-0.2, -0.15) is 0 Å². The summed E-state index contributed by atoms with van der Waals surface area (Å²) in [5.74, 6) is -0.794. The molecule has 19 heavy (non-hydrogen) atoms. The third-order valence-electron chi connectivity index (χ3n) is 2.61. The summed E-state index contributed by atoms with van der Waals surface area (Å²) in [7, 11) is 0. The minimum absolute atomic E-state index is 0.0308. The van der Waals surface area contributed by atoms with Crippen molar-refractivity contribution in [3.8, 4) is 0 Å². The Labute approximate surface area is 125 Å². The highest BCUT2D eigenvalue weighted by atomic mass is 79.9. The Balaban J connectivity index is 2.94. The summed E-state index contributed by atoms with van der Waals surface area (Å²) < 4.78 is 5.09. The van der Waals surface area contributed by atoms with Crippen molar-refractivity contribution < 1.29 is 14.0 Å². The lowest BCUT2D eigenvalue weighted by atomic mass is 9.99. The molecule has 0 aliphatic rings. The van der Waals surface area contributed by atoms with E-state index in [9.17, 15) is 14.4 Å². The lowest BCUT2D eigenvalue weighted by molar-refractivity contribution is 0.0985. The predicted octanol–water partition coefficient (Wildman–Crippen LogP) is 2.95. The first-order valence-electron chi connectivity index (χ1n) is 5.34. The number of carbonyl (C=O) groups is 2. The molecule has 2 aromatic rings. The van der Waals surface area contributed by atoms with Crippen LogP contribution in [0, 0.1) is 0 Å². The van der Waals surface area contributed by atoms with Gasteiger partial charge in [-0.05, 0) is 6.07 Å². The van der Waals surface area contributed by atoms with Gasteiger partial charge in [-0.15, -0.1) is 0 Å².